The van der Waals surface area contributed by atoms with Crippen LogP contribution in [-0.4, -0.2) is 4.57 Å². The van der Waals surface area contributed by atoms with Gasteiger partial charge in [0.05, 0.1) is 10.9 Å². The summed E-state index contributed by atoms with van der Waals surface area (Å²) in [6.07, 6.45) is 3.87. The van der Waals surface area contributed by atoms with E-state index in [1.165, 1.54) is 6.07 Å². The molecule has 1 aromatic carbocycles. The number of benzene rings is 1. The molecule has 0 atom stereocenters. The first kappa shape index (κ1) is 14.6. The summed E-state index contributed by atoms with van der Waals surface area (Å²) in [5.41, 5.74) is 1.49. The number of fused-ring (bicyclic) bond motifs is 3. The molecule has 0 bridgehead atoms. The lowest BCUT2D eigenvalue weighted by Crippen LogP contribution is -2.20. The SMILES string of the molecule is CCCCCc1cc(=O)oc2c1c(=O)n(C)c1ccccc21. The van der Waals surface area contributed by atoms with Gasteiger partial charge in [-0.05, 0) is 30.5 Å². The molecule has 0 aliphatic heterocycles. The number of para-hydroxylation sites is 1. The quantitative estimate of drug-likeness (QED) is 0.548. The first-order valence-electron chi connectivity index (χ1n) is 7.68. The molecule has 0 saturated carbocycles. The largest absolute Gasteiger partial charge is 0.422 e. The number of hydrogen-bond acceptors (Lipinski definition) is 3. The van der Waals surface area contributed by atoms with E-state index in [1.807, 2.05) is 24.3 Å². The summed E-state index contributed by atoms with van der Waals surface area (Å²) in [4.78, 5) is 24.6. The van der Waals surface area contributed by atoms with Crippen LogP contribution in [0.4, 0.5) is 0 Å². The predicted octanol–water partition coefficient (Wildman–Crippen LogP) is 3.38. The van der Waals surface area contributed by atoms with Gasteiger partial charge < -0.3 is 8.98 Å². The molecule has 4 nitrogen and oxygen atoms in total. The van der Waals surface area contributed by atoms with Gasteiger partial charge in [0, 0.05) is 18.5 Å². The van der Waals surface area contributed by atoms with E-state index >= 15 is 0 Å². The maximum absolute atomic E-state index is 12.7. The predicted molar refractivity (Wildman–Crippen MR) is 88.5 cm³/mol. The van der Waals surface area contributed by atoms with Gasteiger partial charge in [-0.2, -0.15) is 0 Å². The van der Waals surface area contributed by atoms with Crippen LogP contribution >= 0.6 is 0 Å². The van der Waals surface area contributed by atoms with E-state index in [0.717, 1.165) is 42.1 Å². The second-order valence-electron chi connectivity index (χ2n) is 5.63. The van der Waals surface area contributed by atoms with Crippen molar-refractivity contribution in [2.45, 2.75) is 32.6 Å². The number of aromatic nitrogens is 1. The molecule has 114 valence electrons. The molecule has 0 aliphatic carbocycles. The molecule has 22 heavy (non-hydrogen) atoms. The van der Waals surface area contributed by atoms with Gasteiger partial charge in [-0.1, -0.05) is 31.9 Å². The minimum Gasteiger partial charge on any atom is -0.422 e. The third kappa shape index (κ3) is 2.34. The third-order valence-corrected chi connectivity index (χ3v) is 4.12. The van der Waals surface area contributed by atoms with E-state index in [-0.39, 0.29) is 5.56 Å². The van der Waals surface area contributed by atoms with Gasteiger partial charge in [-0.3, -0.25) is 4.79 Å². The van der Waals surface area contributed by atoms with E-state index < -0.39 is 5.63 Å². The molecule has 3 aromatic rings. The number of aryl methyl sites for hydroxylation is 2. The van der Waals surface area contributed by atoms with Crippen molar-refractivity contribution in [3.05, 3.63) is 56.7 Å². The van der Waals surface area contributed by atoms with Crippen LogP contribution in [0.5, 0.6) is 0 Å². The second-order valence-corrected chi connectivity index (χ2v) is 5.63. The average molecular weight is 297 g/mol. The first-order chi connectivity index (χ1) is 10.6. The first-order valence-corrected chi connectivity index (χ1v) is 7.68. The summed E-state index contributed by atoms with van der Waals surface area (Å²) < 4.78 is 7.01. The summed E-state index contributed by atoms with van der Waals surface area (Å²) in [7, 11) is 1.75. The van der Waals surface area contributed by atoms with Crippen molar-refractivity contribution >= 4 is 21.9 Å². The molecule has 2 aromatic heterocycles. The Morgan fingerprint density at radius 3 is 2.68 bits per heavy atom. The average Bonchev–Trinajstić information content (AvgIpc) is 2.52. The van der Waals surface area contributed by atoms with Crippen LogP contribution in [0, 0.1) is 0 Å². The van der Waals surface area contributed by atoms with Gasteiger partial charge in [-0.25, -0.2) is 4.79 Å². The van der Waals surface area contributed by atoms with E-state index in [0.29, 0.717) is 11.0 Å². The lowest BCUT2D eigenvalue weighted by atomic mass is 10.0. The van der Waals surface area contributed by atoms with Gasteiger partial charge in [0.15, 0.2) is 5.58 Å². The molecule has 0 spiro atoms. The summed E-state index contributed by atoms with van der Waals surface area (Å²) in [5.74, 6) is 0. The molecular weight excluding hydrogens is 278 g/mol. The highest BCUT2D eigenvalue weighted by atomic mass is 16.4. The van der Waals surface area contributed by atoms with Gasteiger partial charge in [0.2, 0.25) is 0 Å². The van der Waals surface area contributed by atoms with Crippen molar-refractivity contribution in [1.29, 1.82) is 0 Å². The Kier molecular flexibility index (Phi) is 3.84. The summed E-state index contributed by atoms with van der Waals surface area (Å²) >= 11 is 0. The topological polar surface area (TPSA) is 52.2 Å². The zero-order valence-electron chi connectivity index (χ0n) is 12.9. The van der Waals surface area contributed by atoms with Gasteiger partial charge in [-0.15, -0.1) is 0 Å². The number of rotatable bonds is 4. The van der Waals surface area contributed by atoms with Crippen molar-refractivity contribution in [3.63, 3.8) is 0 Å². The van der Waals surface area contributed by atoms with Gasteiger partial charge in [0.25, 0.3) is 5.56 Å². The molecule has 0 unspecified atom stereocenters. The molecule has 0 fully saturated rings. The lowest BCUT2D eigenvalue weighted by molar-refractivity contribution is 0.559. The highest BCUT2D eigenvalue weighted by molar-refractivity contribution is 6.02. The standard InChI is InChI=1S/C18H19NO3/c1-3-4-5-8-12-11-15(20)22-17-13-9-6-7-10-14(13)19(2)18(21)16(12)17/h6-7,9-11H,3-5,8H2,1-2H3. The molecule has 0 saturated heterocycles. The fraction of sp³-hybridized carbons (Fsp3) is 0.333. The number of pyridine rings is 1. The molecular formula is C18H19NO3. The smallest absolute Gasteiger partial charge is 0.336 e. The van der Waals surface area contributed by atoms with E-state index in [2.05, 4.69) is 6.92 Å². The summed E-state index contributed by atoms with van der Waals surface area (Å²) in [6, 6.07) is 8.97. The zero-order valence-corrected chi connectivity index (χ0v) is 12.9. The monoisotopic (exact) mass is 297 g/mol. The number of hydrogen-bond donors (Lipinski definition) is 0. The van der Waals surface area contributed by atoms with Crippen LogP contribution in [0.1, 0.15) is 31.7 Å². The van der Waals surface area contributed by atoms with Crippen LogP contribution in [-0.2, 0) is 13.5 Å². The maximum atomic E-state index is 12.7. The highest BCUT2D eigenvalue weighted by Crippen LogP contribution is 2.24. The van der Waals surface area contributed by atoms with Crippen molar-refractivity contribution in [3.8, 4) is 0 Å². The Morgan fingerprint density at radius 1 is 1.14 bits per heavy atom. The number of unbranched alkanes of at least 4 members (excludes halogenated alkanes) is 2. The minimum atomic E-state index is -0.391. The Balaban J connectivity index is 2.38. The second kappa shape index (κ2) is 5.79. The van der Waals surface area contributed by atoms with Crippen LogP contribution in [0.15, 0.2) is 44.3 Å². The third-order valence-electron chi connectivity index (χ3n) is 4.12. The van der Waals surface area contributed by atoms with E-state index in [4.69, 9.17) is 4.42 Å². The van der Waals surface area contributed by atoms with E-state index in [9.17, 15) is 9.59 Å². The lowest BCUT2D eigenvalue weighted by Gasteiger charge is -2.10. The van der Waals surface area contributed by atoms with Crippen LogP contribution < -0.4 is 11.2 Å². The normalized spacial score (nSPS) is 11.4. The van der Waals surface area contributed by atoms with Crippen molar-refractivity contribution in [1.82, 2.24) is 4.57 Å². The fourth-order valence-corrected chi connectivity index (χ4v) is 2.96. The van der Waals surface area contributed by atoms with Crippen LogP contribution in [0.3, 0.4) is 0 Å². The van der Waals surface area contributed by atoms with Crippen molar-refractivity contribution in [2.24, 2.45) is 7.05 Å². The number of nitrogens with zero attached hydrogens (tertiary/aromatic N) is 1. The molecule has 0 radical (unpaired) electrons. The molecule has 0 N–H and O–H groups in total. The Morgan fingerprint density at radius 2 is 1.91 bits per heavy atom. The summed E-state index contributed by atoms with van der Waals surface area (Å²) in [5, 5.41) is 1.34. The minimum absolute atomic E-state index is 0.107. The molecule has 0 amide bonds. The van der Waals surface area contributed by atoms with Gasteiger partial charge >= 0.3 is 5.63 Å². The van der Waals surface area contributed by atoms with Crippen LogP contribution in [0.2, 0.25) is 0 Å². The summed E-state index contributed by atoms with van der Waals surface area (Å²) in [6.45, 7) is 2.13. The van der Waals surface area contributed by atoms with E-state index in [1.54, 1.807) is 11.6 Å². The highest BCUT2D eigenvalue weighted by Gasteiger charge is 2.15. The maximum Gasteiger partial charge on any atom is 0.336 e. The molecule has 4 heteroatoms. The zero-order chi connectivity index (χ0) is 15.7. The van der Waals surface area contributed by atoms with Gasteiger partial charge in [0.1, 0.15) is 0 Å². The molecule has 2 heterocycles. The fourth-order valence-electron chi connectivity index (χ4n) is 2.96. The Hall–Kier alpha value is -2.36. The Labute approximate surface area is 128 Å². The van der Waals surface area contributed by atoms with Crippen molar-refractivity contribution < 1.29 is 4.42 Å². The molecule has 3 rings (SSSR count). The van der Waals surface area contributed by atoms with Crippen LogP contribution in [0.25, 0.3) is 21.9 Å². The van der Waals surface area contributed by atoms with Crippen molar-refractivity contribution in [2.75, 3.05) is 0 Å². The molecule has 0 aliphatic rings. The Bertz CT molecular complexity index is 950.